The van der Waals surface area contributed by atoms with Crippen LogP contribution in [0.1, 0.15) is 22.3 Å². The summed E-state index contributed by atoms with van der Waals surface area (Å²) in [6.07, 6.45) is 3.80. The lowest BCUT2D eigenvalue weighted by atomic mass is 10.0. The van der Waals surface area contributed by atoms with Gasteiger partial charge < -0.3 is 4.31 Å². The first-order valence-electron chi connectivity index (χ1n) is 10.2. The molecule has 1 aliphatic rings. The molecule has 2 aromatic heterocycles. The smallest absolute Gasteiger partial charge is 0.260 e. The van der Waals surface area contributed by atoms with Crippen molar-refractivity contribution in [3.8, 4) is 11.4 Å². The first-order valence-corrected chi connectivity index (χ1v) is 11.8. The van der Waals surface area contributed by atoms with Gasteiger partial charge in [0.15, 0.2) is 5.13 Å². The lowest BCUT2D eigenvalue weighted by Crippen LogP contribution is -2.22. The van der Waals surface area contributed by atoms with Crippen molar-refractivity contribution in [2.24, 2.45) is 0 Å². The number of hydrogen-bond acceptors (Lipinski definition) is 6. The Morgan fingerprint density at radius 3 is 2.81 bits per heavy atom. The van der Waals surface area contributed by atoms with Gasteiger partial charge in [-0.1, -0.05) is 24.3 Å². The molecule has 1 N–H and O–H groups in total. The van der Waals surface area contributed by atoms with Crippen molar-refractivity contribution in [1.29, 1.82) is 0 Å². The molecule has 4 aromatic rings. The van der Waals surface area contributed by atoms with Gasteiger partial charge in [-0.25, -0.2) is 9.37 Å². The number of aromatic nitrogens is 2. The highest BCUT2D eigenvalue weighted by Gasteiger charge is 2.19. The summed E-state index contributed by atoms with van der Waals surface area (Å²) in [5.74, 6) is -1.08. The van der Waals surface area contributed by atoms with E-state index >= 15 is 0 Å². The molecule has 0 atom stereocenters. The molecular weight excluding hydrogens is 443 g/mol. The van der Waals surface area contributed by atoms with E-state index < -0.39 is 11.7 Å². The molecule has 160 valence electrons. The van der Waals surface area contributed by atoms with Crippen LogP contribution in [0.15, 0.2) is 77.1 Å². The maximum Gasteiger partial charge on any atom is 0.260 e. The number of thiazole rings is 1. The number of amides is 1. The first kappa shape index (κ1) is 20.7. The summed E-state index contributed by atoms with van der Waals surface area (Å²) in [4.78, 5) is 22.0. The van der Waals surface area contributed by atoms with E-state index in [2.05, 4.69) is 31.7 Å². The molecule has 0 spiro atoms. The highest BCUT2D eigenvalue weighted by Crippen LogP contribution is 2.35. The number of benzene rings is 2. The van der Waals surface area contributed by atoms with Crippen LogP contribution in [0.2, 0.25) is 0 Å². The van der Waals surface area contributed by atoms with Gasteiger partial charge in [0.1, 0.15) is 11.5 Å². The predicted molar refractivity (Wildman–Crippen MR) is 128 cm³/mol. The number of hydrogen-bond donors (Lipinski definition) is 1. The lowest BCUT2D eigenvalue weighted by molar-refractivity contribution is 0.102. The number of anilines is 2. The number of pyridine rings is 1. The molecule has 5 rings (SSSR count). The summed E-state index contributed by atoms with van der Waals surface area (Å²) in [5, 5.41) is 4.90. The van der Waals surface area contributed by atoms with Gasteiger partial charge in [0.25, 0.3) is 5.91 Å². The minimum absolute atomic E-state index is 0.0111. The first-order chi connectivity index (χ1) is 15.7. The van der Waals surface area contributed by atoms with Crippen molar-refractivity contribution in [1.82, 2.24) is 9.97 Å². The molecule has 0 saturated heterocycles. The number of carbonyl (C=O) groups is 1. The quantitative estimate of drug-likeness (QED) is 0.366. The second-order valence-electron chi connectivity index (χ2n) is 7.27. The number of halogens is 1. The normalized spacial score (nSPS) is 13.0. The number of rotatable bonds is 5. The third kappa shape index (κ3) is 4.37. The molecule has 1 amide bonds. The molecule has 8 heteroatoms. The van der Waals surface area contributed by atoms with Crippen LogP contribution in [0.4, 0.5) is 15.2 Å². The van der Waals surface area contributed by atoms with Crippen LogP contribution in [0.5, 0.6) is 0 Å². The highest BCUT2D eigenvalue weighted by atomic mass is 32.2. The van der Waals surface area contributed by atoms with E-state index in [-0.39, 0.29) is 5.56 Å². The summed E-state index contributed by atoms with van der Waals surface area (Å²) >= 11 is 2.77. The minimum Gasteiger partial charge on any atom is -0.312 e. The molecule has 2 aromatic carbocycles. The number of nitrogens with zero attached hydrogens (tertiary/aromatic N) is 3. The Bertz CT molecular complexity index is 1260. The Kier molecular flexibility index (Phi) is 5.87. The summed E-state index contributed by atoms with van der Waals surface area (Å²) in [7, 11) is 0. The maximum absolute atomic E-state index is 14.8. The summed E-state index contributed by atoms with van der Waals surface area (Å²) in [6, 6.07) is 18.5. The van der Waals surface area contributed by atoms with Crippen molar-refractivity contribution in [3.05, 3.63) is 89.2 Å². The van der Waals surface area contributed by atoms with Crippen molar-refractivity contribution in [3.63, 3.8) is 0 Å². The van der Waals surface area contributed by atoms with Gasteiger partial charge in [-0.15, -0.1) is 11.3 Å². The van der Waals surface area contributed by atoms with Crippen LogP contribution in [0.25, 0.3) is 11.4 Å². The van der Waals surface area contributed by atoms with E-state index in [0.717, 1.165) is 30.0 Å². The Labute approximate surface area is 193 Å². The van der Waals surface area contributed by atoms with E-state index in [1.165, 1.54) is 46.7 Å². The highest BCUT2D eigenvalue weighted by molar-refractivity contribution is 8.00. The average Bonchev–Trinajstić information content (AvgIpc) is 3.28. The molecule has 32 heavy (non-hydrogen) atoms. The van der Waals surface area contributed by atoms with E-state index in [1.807, 2.05) is 35.7 Å². The fraction of sp³-hybridized carbons (Fsp3) is 0.125. The van der Waals surface area contributed by atoms with Crippen molar-refractivity contribution < 1.29 is 9.18 Å². The van der Waals surface area contributed by atoms with Gasteiger partial charge in [0.05, 0.1) is 16.9 Å². The van der Waals surface area contributed by atoms with Crippen LogP contribution >= 0.6 is 23.3 Å². The largest absolute Gasteiger partial charge is 0.312 e. The van der Waals surface area contributed by atoms with Crippen molar-refractivity contribution in [2.45, 2.75) is 17.7 Å². The number of nitrogens with one attached hydrogen (secondary N) is 1. The van der Waals surface area contributed by atoms with Gasteiger partial charge in [0, 0.05) is 23.0 Å². The standard InChI is InChI=1S/C24H19FN4OS2/c25-19-14-17(32-29-13-5-7-16-6-1-2-9-22(16)29)10-11-18(19)23(30)28-24-27-21(15-31-24)20-8-3-4-12-26-20/h1-4,6,8-12,14-15H,5,7,13H2,(H,27,28,30). The predicted octanol–water partition coefficient (Wildman–Crippen LogP) is 6.06. The number of fused-ring (bicyclic) bond motifs is 1. The third-order valence-corrected chi connectivity index (χ3v) is 6.94. The van der Waals surface area contributed by atoms with Crippen molar-refractivity contribution >= 4 is 40.0 Å². The molecule has 0 aliphatic carbocycles. The molecule has 0 unspecified atom stereocenters. The Morgan fingerprint density at radius 2 is 1.97 bits per heavy atom. The minimum atomic E-state index is -0.556. The Hall–Kier alpha value is -3.23. The number of para-hydroxylation sites is 1. The van der Waals surface area contributed by atoms with Crippen LogP contribution in [0, 0.1) is 5.82 Å². The van der Waals surface area contributed by atoms with Crippen LogP contribution in [-0.2, 0) is 6.42 Å². The zero-order valence-corrected chi connectivity index (χ0v) is 18.6. The van der Waals surface area contributed by atoms with Crippen LogP contribution < -0.4 is 9.62 Å². The van der Waals surface area contributed by atoms with Gasteiger partial charge in [-0.05, 0) is 66.8 Å². The number of carbonyl (C=O) groups excluding carboxylic acids is 1. The second-order valence-corrected chi connectivity index (χ2v) is 9.23. The van der Waals surface area contributed by atoms with Crippen LogP contribution in [-0.4, -0.2) is 22.4 Å². The Balaban J connectivity index is 1.29. The van der Waals surface area contributed by atoms with Crippen LogP contribution in [0.3, 0.4) is 0 Å². The van der Waals surface area contributed by atoms with E-state index in [9.17, 15) is 9.18 Å². The third-order valence-electron chi connectivity index (χ3n) is 5.12. The maximum atomic E-state index is 14.8. The molecule has 1 aliphatic heterocycles. The average molecular weight is 463 g/mol. The monoisotopic (exact) mass is 462 g/mol. The fourth-order valence-electron chi connectivity index (χ4n) is 3.59. The lowest BCUT2D eigenvalue weighted by Gasteiger charge is -2.29. The van der Waals surface area contributed by atoms with Gasteiger partial charge in [-0.3, -0.25) is 15.1 Å². The fourth-order valence-corrected chi connectivity index (χ4v) is 5.32. The zero-order chi connectivity index (χ0) is 21.9. The molecule has 3 heterocycles. The molecule has 0 radical (unpaired) electrons. The Morgan fingerprint density at radius 1 is 1.09 bits per heavy atom. The number of aryl methyl sites for hydroxylation is 1. The summed E-state index contributed by atoms with van der Waals surface area (Å²) in [5.41, 5.74) is 3.84. The SMILES string of the molecule is O=C(Nc1nc(-c2ccccn2)cs1)c1ccc(SN2CCCc3ccccc32)cc1F. The van der Waals surface area contributed by atoms with Crippen molar-refractivity contribution in [2.75, 3.05) is 16.2 Å². The van der Waals surface area contributed by atoms with Gasteiger partial charge >= 0.3 is 0 Å². The van der Waals surface area contributed by atoms with Gasteiger partial charge in [-0.2, -0.15) is 0 Å². The van der Waals surface area contributed by atoms with E-state index in [4.69, 9.17) is 0 Å². The van der Waals surface area contributed by atoms with E-state index in [1.54, 1.807) is 12.3 Å². The summed E-state index contributed by atoms with van der Waals surface area (Å²) in [6.45, 7) is 0.897. The second kappa shape index (κ2) is 9.10. The van der Waals surface area contributed by atoms with E-state index in [0.29, 0.717) is 10.8 Å². The van der Waals surface area contributed by atoms with Gasteiger partial charge in [0.2, 0.25) is 0 Å². The molecule has 5 nitrogen and oxygen atoms in total. The summed E-state index contributed by atoms with van der Waals surface area (Å²) < 4.78 is 17.0. The zero-order valence-electron chi connectivity index (χ0n) is 17.0. The molecule has 0 bridgehead atoms. The molecule has 0 fully saturated rings. The molecular formula is C24H19FN4OS2. The topological polar surface area (TPSA) is 58.1 Å². The molecule has 0 saturated carbocycles.